The molecule has 3 rings (SSSR count). The molecule has 3 heteroatoms. The lowest BCUT2D eigenvalue weighted by Gasteiger charge is -2.20. The molecule has 0 fully saturated rings. The van der Waals surface area contributed by atoms with Gasteiger partial charge in [0.15, 0.2) is 0 Å². The Morgan fingerprint density at radius 2 is 1.74 bits per heavy atom. The van der Waals surface area contributed by atoms with Gasteiger partial charge < -0.3 is 4.57 Å². The Hall–Kier alpha value is -0.850. The van der Waals surface area contributed by atoms with E-state index in [1.807, 2.05) is 24.3 Å². The van der Waals surface area contributed by atoms with Crippen LogP contribution in [-0.2, 0) is 4.57 Å². The maximum absolute atomic E-state index is 14.1. The number of benzene rings is 2. The Kier molecular flexibility index (Phi) is 5.13. The summed E-state index contributed by atoms with van der Waals surface area (Å²) in [6, 6.07) is 14.4. The van der Waals surface area contributed by atoms with Crippen LogP contribution >= 0.6 is 23.1 Å². The van der Waals surface area contributed by atoms with Crippen molar-refractivity contribution in [1.29, 1.82) is 0 Å². The fourth-order valence-electron chi connectivity index (χ4n) is 3.79. The molecule has 0 saturated heterocycles. The zero-order valence-corrected chi connectivity index (χ0v) is 16.4. The third-order valence-electron chi connectivity index (χ3n) is 5.06. The van der Waals surface area contributed by atoms with Crippen molar-refractivity contribution in [3.05, 3.63) is 46.9 Å². The molecule has 0 N–H and O–H groups in total. The maximum atomic E-state index is 14.1. The monoisotopic (exact) mass is 390 g/mol. The van der Waals surface area contributed by atoms with E-state index in [2.05, 4.69) is 48.0 Å². The molecule has 2 atom stereocenters. The van der Waals surface area contributed by atoms with Gasteiger partial charge in [0.2, 0.25) is 0 Å². The molecule has 0 amide bonds. The van der Waals surface area contributed by atoms with E-state index in [9.17, 15) is 4.57 Å². The van der Waals surface area contributed by atoms with E-state index in [4.69, 9.17) is 0 Å². The lowest BCUT2D eigenvalue weighted by molar-refractivity contribution is 0.450. The van der Waals surface area contributed by atoms with Crippen LogP contribution in [0.25, 0.3) is 11.1 Å². The van der Waals surface area contributed by atoms with Gasteiger partial charge in [-0.15, -0.1) is 0 Å². The summed E-state index contributed by atoms with van der Waals surface area (Å²) < 4.78 is 15.1. The van der Waals surface area contributed by atoms with Gasteiger partial charge in [-0.2, -0.15) is 0 Å². The van der Waals surface area contributed by atoms with Gasteiger partial charge in [-0.25, -0.2) is 0 Å². The average Bonchev–Trinajstić information content (AvgIpc) is 2.83. The fourth-order valence-corrected chi connectivity index (χ4v) is 8.37. The van der Waals surface area contributed by atoms with Gasteiger partial charge >= 0.3 is 0 Å². The van der Waals surface area contributed by atoms with E-state index in [0.717, 1.165) is 38.8 Å². The summed E-state index contributed by atoms with van der Waals surface area (Å²) in [4.78, 5) is 0. The minimum Gasteiger partial charge on any atom is -0.314 e. The van der Waals surface area contributed by atoms with Gasteiger partial charge in [0.05, 0.1) is 0 Å². The summed E-state index contributed by atoms with van der Waals surface area (Å²) in [5, 5.41) is 2.11. The highest BCUT2D eigenvalue weighted by Crippen LogP contribution is 2.55. The van der Waals surface area contributed by atoms with E-state index in [1.54, 1.807) is 0 Å². The Morgan fingerprint density at radius 3 is 2.48 bits per heavy atom. The second kappa shape index (κ2) is 6.95. The predicted molar refractivity (Wildman–Crippen MR) is 105 cm³/mol. The molecule has 0 radical (unpaired) electrons. The van der Waals surface area contributed by atoms with Crippen LogP contribution in [-0.4, -0.2) is 6.16 Å². The number of rotatable bonds is 6. The van der Waals surface area contributed by atoms with Crippen LogP contribution in [0.1, 0.15) is 39.5 Å². The maximum Gasteiger partial charge on any atom is 0.145 e. The zero-order chi connectivity index (χ0) is 16.4. The minimum absolute atomic E-state index is 0.685. The van der Waals surface area contributed by atoms with Gasteiger partial charge in [-0.1, -0.05) is 69.5 Å². The molecule has 0 aromatic heterocycles. The highest BCUT2D eigenvalue weighted by molar-refractivity contribution is 9.10. The van der Waals surface area contributed by atoms with Crippen LogP contribution in [0.15, 0.2) is 46.9 Å². The van der Waals surface area contributed by atoms with Crippen molar-refractivity contribution < 1.29 is 4.57 Å². The highest BCUT2D eigenvalue weighted by Gasteiger charge is 2.39. The second-order valence-corrected chi connectivity index (χ2v) is 10.2. The lowest BCUT2D eigenvalue weighted by atomic mass is 9.98. The van der Waals surface area contributed by atoms with Crippen LogP contribution < -0.4 is 10.6 Å². The van der Waals surface area contributed by atoms with E-state index in [0.29, 0.717) is 5.92 Å². The zero-order valence-electron chi connectivity index (χ0n) is 13.9. The van der Waals surface area contributed by atoms with Crippen molar-refractivity contribution in [3.63, 3.8) is 0 Å². The first-order valence-corrected chi connectivity index (χ1v) is 11.3. The van der Waals surface area contributed by atoms with Gasteiger partial charge in [0, 0.05) is 21.2 Å². The molecule has 0 saturated carbocycles. The molecule has 0 aliphatic carbocycles. The van der Waals surface area contributed by atoms with E-state index in [1.165, 1.54) is 19.3 Å². The van der Waals surface area contributed by atoms with Gasteiger partial charge in [0.25, 0.3) is 0 Å². The lowest BCUT2D eigenvalue weighted by Crippen LogP contribution is -2.16. The average molecular weight is 391 g/mol. The minimum atomic E-state index is -2.53. The molecule has 0 bridgehead atoms. The van der Waals surface area contributed by atoms with Crippen molar-refractivity contribution in [2.24, 2.45) is 5.92 Å². The van der Waals surface area contributed by atoms with E-state index < -0.39 is 7.14 Å². The summed E-state index contributed by atoms with van der Waals surface area (Å²) in [5.41, 5.74) is 2.32. The standard InChI is InChI=1S/C20H24BrOP/c1-3-8-15(4-2)13-14-23(22)19-12-6-5-9-16(19)17-10-7-11-18(21)20(17)23/h5-7,9-12,15H,3-4,8,13-14H2,1-2H3. The first-order valence-electron chi connectivity index (χ1n) is 8.60. The Balaban J connectivity index is 2.03. The third kappa shape index (κ3) is 2.96. The smallest absolute Gasteiger partial charge is 0.145 e. The first kappa shape index (κ1) is 17.0. The largest absolute Gasteiger partial charge is 0.314 e. The van der Waals surface area contributed by atoms with Crippen LogP contribution in [0.3, 0.4) is 0 Å². The molecule has 122 valence electrons. The number of hydrogen-bond donors (Lipinski definition) is 0. The summed E-state index contributed by atoms with van der Waals surface area (Å²) in [5.74, 6) is 0.685. The number of halogens is 1. The highest BCUT2D eigenvalue weighted by atomic mass is 79.9. The van der Waals surface area contributed by atoms with Crippen molar-refractivity contribution in [2.75, 3.05) is 6.16 Å². The van der Waals surface area contributed by atoms with Crippen molar-refractivity contribution in [3.8, 4) is 11.1 Å². The number of hydrogen-bond acceptors (Lipinski definition) is 1. The second-order valence-electron chi connectivity index (χ2n) is 6.47. The molecular formula is C20H24BrOP. The van der Waals surface area contributed by atoms with Crippen molar-refractivity contribution >= 4 is 33.7 Å². The van der Waals surface area contributed by atoms with Gasteiger partial charge in [-0.3, -0.25) is 0 Å². The van der Waals surface area contributed by atoms with Crippen LogP contribution in [0.5, 0.6) is 0 Å². The molecule has 1 aliphatic rings. The Bertz CT molecular complexity index is 753. The Morgan fingerprint density at radius 1 is 1.00 bits per heavy atom. The molecule has 1 nitrogen and oxygen atoms in total. The Labute approximate surface area is 148 Å². The summed E-state index contributed by atoms with van der Waals surface area (Å²) in [7, 11) is -2.53. The molecule has 0 spiro atoms. The SMILES string of the molecule is CCCC(CC)CCP1(=O)c2ccccc2-c2cccc(Br)c21. The van der Waals surface area contributed by atoms with E-state index in [-0.39, 0.29) is 0 Å². The summed E-state index contributed by atoms with van der Waals surface area (Å²) in [6.45, 7) is 4.49. The molecule has 1 heterocycles. The molecule has 2 unspecified atom stereocenters. The van der Waals surface area contributed by atoms with Crippen molar-refractivity contribution in [2.45, 2.75) is 39.5 Å². The summed E-state index contributed by atoms with van der Waals surface area (Å²) >= 11 is 3.66. The quantitative estimate of drug-likeness (QED) is 0.556. The van der Waals surface area contributed by atoms with Crippen LogP contribution in [0.2, 0.25) is 0 Å². The third-order valence-corrected chi connectivity index (χ3v) is 9.29. The van der Waals surface area contributed by atoms with E-state index >= 15 is 0 Å². The predicted octanol–water partition coefficient (Wildman–Crippen LogP) is 5.96. The summed E-state index contributed by atoms with van der Waals surface area (Å²) in [6.07, 6.45) is 5.47. The molecular weight excluding hydrogens is 367 g/mol. The van der Waals surface area contributed by atoms with Crippen LogP contribution in [0.4, 0.5) is 0 Å². The van der Waals surface area contributed by atoms with Crippen molar-refractivity contribution in [1.82, 2.24) is 0 Å². The normalized spacial score (nSPS) is 20.1. The topological polar surface area (TPSA) is 17.1 Å². The number of fused-ring (bicyclic) bond motifs is 3. The fraction of sp³-hybridized carbons (Fsp3) is 0.400. The first-order chi connectivity index (χ1) is 11.1. The molecule has 1 aliphatic heterocycles. The van der Waals surface area contributed by atoms with Gasteiger partial charge in [0.1, 0.15) is 7.14 Å². The molecule has 2 aromatic rings. The molecule has 23 heavy (non-hydrogen) atoms. The molecule has 2 aromatic carbocycles. The van der Waals surface area contributed by atoms with Gasteiger partial charge in [-0.05, 0) is 45.5 Å². The van der Waals surface area contributed by atoms with Crippen LogP contribution in [0, 0.1) is 5.92 Å².